The summed E-state index contributed by atoms with van der Waals surface area (Å²) in [4.78, 5) is 0. The molecule has 0 radical (unpaired) electrons. The molecule has 12 heavy (non-hydrogen) atoms. The van der Waals surface area contributed by atoms with Gasteiger partial charge in [0.15, 0.2) is 0 Å². The van der Waals surface area contributed by atoms with E-state index in [0.29, 0.717) is 5.54 Å². The Bertz CT molecular complexity index is 52.5. The zero-order chi connectivity index (χ0) is 10.6. The predicted octanol–water partition coefficient (Wildman–Crippen LogP) is 3.84. The first-order chi connectivity index (χ1) is 5.56. The van der Waals surface area contributed by atoms with Crippen molar-refractivity contribution in [3.05, 3.63) is 0 Å². The molecule has 0 aromatic rings. The summed E-state index contributed by atoms with van der Waals surface area (Å²) in [6.45, 7) is 17.9. The molecule has 1 heteroatoms. The van der Waals surface area contributed by atoms with Gasteiger partial charge in [-0.2, -0.15) is 0 Å². The first-order valence-corrected chi connectivity index (χ1v) is 5.31. The molecule has 0 unspecified atom stereocenters. The maximum absolute atomic E-state index is 3.37. The van der Waals surface area contributed by atoms with Crippen LogP contribution >= 0.6 is 0 Å². The zero-order valence-corrected chi connectivity index (χ0v) is 10.4. The summed E-state index contributed by atoms with van der Waals surface area (Å²) < 4.78 is 0. The summed E-state index contributed by atoms with van der Waals surface area (Å²) in [7, 11) is 0. The summed E-state index contributed by atoms with van der Waals surface area (Å²) >= 11 is 0. The Kier molecular flexibility index (Phi) is 20.2. The van der Waals surface area contributed by atoms with Gasteiger partial charge < -0.3 is 5.32 Å². The first kappa shape index (κ1) is 17.9. The second kappa shape index (κ2) is 13.5. The van der Waals surface area contributed by atoms with E-state index in [4.69, 9.17) is 0 Å². The molecule has 1 nitrogen and oxygen atoms in total. The molecular formula is C11H29N. The standard InChI is InChI=1S/C7H17N.2C2H6/c1-5-6-8-7(2,3)4;2*1-2/h8H,5-6H2,1-4H3;2*1-2H3. The topological polar surface area (TPSA) is 12.0 Å². The molecule has 0 aromatic heterocycles. The second-order valence-corrected chi connectivity index (χ2v) is 3.18. The molecule has 0 aliphatic carbocycles. The molecule has 0 saturated heterocycles. The van der Waals surface area contributed by atoms with Gasteiger partial charge in [0, 0.05) is 5.54 Å². The molecule has 0 aromatic carbocycles. The zero-order valence-electron chi connectivity index (χ0n) is 10.4. The summed E-state index contributed by atoms with van der Waals surface area (Å²) in [5.41, 5.74) is 0.302. The Morgan fingerprint density at radius 3 is 1.33 bits per heavy atom. The minimum absolute atomic E-state index is 0.302. The van der Waals surface area contributed by atoms with Gasteiger partial charge in [0.1, 0.15) is 0 Å². The number of nitrogens with one attached hydrogen (secondary N) is 1. The first-order valence-electron chi connectivity index (χ1n) is 5.31. The summed E-state index contributed by atoms with van der Waals surface area (Å²) in [6.07, 6.45) is 1.22. The molecule has 0 rings (SSSR count). The fraction of sp³-hybridized carbons (Fsp3) is 1.00. The van der Waals surface area contributed by atoms with E-state index in [2.05, 4.69) is 33.0 Å². The fourth-order valence-corrected chi connectivity index (χ4v) is 0.500. The third-order valence-corrected chi connectivity index (χ3v) is 0.905. The van der Waals surface area contributed by atoms with E-state index in [-0.39, 0.29) is 0 Å². The van der Waals surface area contributed by atoms with Gasteiger partial charge in [0.2, 0.25) is 0 Å². The Balaban J connectivity index is -0.000000175. The quantitative estimate of drug-likeness (QED) is 0.672. The van der Waals surface area contributed by atoms with Crippen molar-refractivity contribution in [3.63, 3.8) is 0 Å². The lowest BCUT2D eigenvalue weighted by molar-refractivity contribution is 0.427. The average Bonchev–Trinajstić information content (AvgIpc) is 2.07. The van der Waals surface area contributed by atoms with E-state index in [9.17, 15) is 0 Å². The third-order valence-electron chi connectivity index (χ3n) is 0.905. The Hall–Kier alpha value is -0.0400. The highest BCUT2D eigenvalue weighted by molar-refractivity contribution is 4.68. The van der Waals surface area contributed by atoms with Crippen molar-refractivity contribution in [3.8, 4) is 0 Å². The minimum atomic E-state index is 0.302. The average molecular weight is 175 g/mol. The highest BCUT2D eigenvalue weighted by Gasteiger charge is 2.05. The van der Waals surface area contributed by atoms with Crippen LogP contribution in [0.3, 0.4) is 0 Å². The molecule has 0 fully saturated rings. The van der Waals surface area contributed by atoms with Crippen LogP contribution in [0.4, 0.5) is 0 Å². The lowest BCUT2D eigenvalue weighted by atomic mass is 10.1. The lowest BCUT2D eigenvalue weighted by Crippen LogP contribution is -2.36. The van der Waals surface area contributed by atoms with E-state index in [1.54, 1.807) is 0 Å². The van der Waals surface area contributed by atoms with Crippen molar-refractivity contribution in [2.45, 2.75) is 67.3 Å². The summed E-state index contributed by atoms with van der Waals surface area (Å²) in [5, 5.41) is 3.37. The number of hydrogen-bond acceptors (Lipinski definition) is 1. The van der Waals surface area contributed by atoms with Crippen molar-refractivity contribution in [2.75, 3.05) is 6.54 Å². The molecule has 78 valence electrons. The molecule has 0 heterocycles. The highest BCUT2D eigenvalue weighted by Crippen LogP contribution is 1.96. The van der Waals surface area contributed by atoms with Gasteiger partial charge in [0.25, 0.3) is 0 Å². The van der Waals surface area contributed by atoms with Crippen LogP contribution in [0.15, 0.2) is 0 Å². The van der Waals surface area contributed by atoms with Crippen LogP contribution in [-0.2, 0) is 0 Å². The predicted molar refractivity (Wildman–Crippen MR) is 60.7 cm³/mol. The van der Waals surface area contributed by atoms with Crippen molar-refractivity contribution >= 4 is 0 Å². The van der Waals surface area contributed by atoms with Crippen molar-refractivity contribution < 1.29 is 0 Å². The summed E-state index contributed by atoms with van der Waals surface area (Å²) in [6, 6.07) is 0. The normalized spacial score (nSPS) is 9.00. The molecule has 1 N–H and O–H groups in total. The van der Waals surface area contributed by atoms with Crippen LogP contribution in [0.5, 0.6) is 0 Å². The van der Waals surface area contributed by atoms with E-state index in [0.717, 1.165) is 6.54 Å². The van der Waals surface area contributed by atoms with Gasteiger partial charge in [0.05, 0.1) is 0 Å². The summed E-state index contributed by atoms with van der Waals surface area (Å²) in [5.74, 6) is 0. The van der Waals surface area contributed by atoms with E-state index in [1.165, 1.54) is 6.42 Å². The van der Waals surface area contributed by atoms with Gasteiger partial charge in [-0.1, -0.05) is 34.6 Å². The van der Waals surface area contributed by atoms with Gasteiger partial charge in [-0.05, 0) is 33.7 Å². The molecule has 0 amide bonds. The number of hydrogen-bond donors (Lipinski definition) is 1. The fourth-order valence-electron chi connectivity index (χ4n) is 0.500. The highest BCUT2D eigenvalue weighted by atomic mass is 14.9. The maximum atomic E-state index is 3.37. The SMILES string of the molecule is CC.CC.CCCNC(C)(C)C. The molecule has 0 bridgehead atoms. The van der Waals surface area contributed by atoms with Crippen LogP contribution in [0.1, 0.15) is 61.8 Å². The largest absolute Gasteiger partial charge is 0.312 e. The Morgan fingerprint density at radius 2 is 1.25 bits per heavy atom. The van der Waals surface area contributed by atoms with Crippen LogP contribution in [0, 0.1) is 0 Å². The van der Waals surface area contributed by atoms with Crippen LogP contribution in [0.25, 0.3) is 0 Å². The van der Waals surface area contributed by atoms with Crippen LogP contribution < -0.4 is 5.32 Å². The smallest absolute Gasteiger partial charge is 0.00965 e. The lowest BCUT2D eigenvalue weighted by Gasteiger charge is -2.19. The Labute approximate surface area is 80.0 Å². The van der Waals surface area contributed by atoms with Gasteiger partial charge in [-0.3, -0.25) is 0 Å². The molecular weight excluding hydrogens is 146 g/mol. The second-order valence-electron chi connectivity index (χ2n) is 3.18. The van der Waals surface area contributed by atoms with Crippen molar-refractivity contribution in [1.29, 1.82) is 0 Å². The van der Waals surface area contributed by atoms with Gasteiger partial charge in [-0.25, -0.2) is 0 Å². The molecule has 0 atom stereocenters. The van der Waals surface area contributed by atoms with Gasteiger partial charge >= 0.3 is 0 Å². The van der Waals surface area contributed by atoms with Crippen molar-refractivity contribution in [1.82, 2.24) is 5.32 Å². The number of rotatable bonds is 2. The Morgan fingerprint density at radius 1 is 0.917 bits per heavy atom. The minimum Gasteiger partial charge on any atom is -0.312 e. The molecule has 0 spiro atoms. The van der Waals surface area contributed by atoms with Crippen LogP contribution in [-0.4, -0.2) is 12.1 Å². The maximum Gasteiger partial charge on any atom is 0.00965 e. The molecule has 0 aliphatic heterocycles. The van der Waals surface area contributed by atoms with E-state index in [1.807, 2.05) is 27.7 Å². The van der Waals surface area contributed by atoms with E-state index < -0.39 is 0 Å². The van der Waals surface area contributed by atoms with Crippen molar-refractivity contribution in [2.24, 2.45) is 0 Å². The molecule has 0 saturated carbocycles. The third kappa shape index (κ3) is 32.5. The monoisotopic (exact) mass is 175 g/mol. The molecule has 0 aliphatic rings. The van der Waals surface area contributed by atoms with E-state index >= 15 is 0 Å². The van der Waals surface area contributed by atoms with Crippen LogP contribution in [0.2, 0.25) is 0 Å². The van der Waals surface area contributed by atoms with Gasteiger partial charge in [-0.15, -0.1) is 0 Å².